The molecule has 0 radical (unpaired) electrons. The Morgan fingerprint density at radius 3 is 1.53 bits per heavy atom. The Balaban J connectivity index is 2.04. The monoisotopic (exact) mass is 555 g/mol. The number of hydrogen-bond donors (Lipinski definition) is 0. The zero-order chi connectivity index (χ0) is 23.9. The van der Waals surface area contributed by atoms with Crippen molar-refractivity contribution < 1.29 is 0 Å². The molecule has 0 atom stereocenters. The quantitative estimate of drug-likeness (QED) is 0.224. The second-order valence-electron chi connectivity index (χ2n) is 9.78. The summed E-state index contributed by atoms with van der Waals surface area (Å²) in [6.45, 7) is 0. The van der Waals surface area contributed by atoms with E-state index in [-0.39, 0.29) is 5.56 Å². The predicted octanol–water partition coefficient (Wildman–Crippen LogP) is 5.12. The van der Waals surface area contributed by atoms with Crippen molar-refractivity contribution in [3.63, 3.8) is 0 Å². The summed E-state index contributed by atoms with van der Waals surface area (Å²) in [5, 5.41) is 5.41. The van der Waals surface area contributed by atoms with Crippen LogP contribution in [0.4, 0.5) is 0 Å². The van der Waals surface area contributed by atoms with Gasteiger partial charge in [0.2, 0.25) is 0 Å². The summed E-state index contributed by atoms with van der Waals surface area (Å²) in [5.74, 6) is 0. The van der Waals surface area contributed by atoms with Crippen molar-refractivity contribution >= 4 is 33.1 Å². The van der Waals surface area contributed by atoms with Crippen LogP contribution >= 0.6 is 0 Å². The molecular formula is C29H29N3OSn. The van der Waals surface area contributed by atoms with Gasteiger partial charge in [-0.25, -0.2) is 0 Å². The van der Waals surface area contributed by atoms with Crippen LogP contribution in [0, 0.1) is 0 Å². The van der Waals surface area contributed by atoms with E-state index < -0.39 is 23.9 Å². The van der Waals surface area contributed by atoms with Crippen LogP contribution in [0.2, 0.25) is 14.8 Å². The van der Waals surface area contributed by atoms with Crippen molar-refractivity contribution in [1.82, 2.24) is 14.3 Å². The van der Waals surface area contributed by atoms with E-state index in [1.807, 2.05) is 31.3 Å². The number of nitrogens with zero attached hydrogens (tertiary/aromatic N) is 3. The molecule has 5 aromatic rings. The van der Waals surface area contributed by atoms with Crippen molar-refractivity contribution in [3.05, 3.63) is 130 Å². The van der Waals surface area contributed by atoms with E-state index in [0.717, 1.165) is 31.4 Å². The van der Waals surface area contributed by atoms with Crippen LogP contribution in [0.3, 0.4) is 0 Å². The Labute approximate surface area is 204 Å². The van der Waals surface area contributed by atoms with Gasteiger partial charge in [-0.2, -0.15) is 0 Å². The normalized spacial score (nSPS) is 12.2. The number of hydrogen-bond acceptors (Lipinski definition) is 2. The van der Waals surface area contributed by atoms with Gasteiger partial charge in [-0.1, -0.05) is 0 Å². The van der Waals surface area contributed by atoms with Gasteiger partial charge in [0.1, 0.15) is 0 Å². The zero-order valence-electron chi connectivity index (χ0n) is 20.1. The van der Waals surface area contributed by atoms with E-state index in [0.29, 0.717) is 0 Å². The Morgan fingerprint density at radius 2 is 1.12 bits per heavy atom. The summed E-state index contributed by atoms with van der Waals surface area (Å²) < 4.78 is 5.07. The van der Waals surface area contributed by atoms with Gasteiger partial charge >= 0.3 is 205 Å². The van der Waals surface area contributed by atoms with E-state index in [1.165, 1.54) is 0 Å². The predicted molar refractivity (Wildman–Crippen MR) is 143 cm³/mol. The first-order valence-corrected chi connectivity index (χ1v) is 21.6. The Kier molecular flexibility index (Phi) is 5.72. The molecule has 5 rings (SSSR count). The molecule has 2 aromatic heterocycles. The van der Waals surface area contributed by atoms with Crippen LogP contribution in [0.15, 0.2) is 108 Å². The fraction of sp³-hybridized carbons (Fsp3) is 0.172. The number of aryl methyl sites for hydroxylation is 1. The third-order valence-electron chi connectivity index (χ3n) is 6.55. The number of aromatic nitrogens is 3. The molecule has 2 heterocycles. The van der Waals surface area contributed by atoms with Crippen molar-refractivity contribution in [2.45, 2.75) is 20.4 Å². The number of benzene rings is 3. The van der Waals surface area contributed by atoms with Crippen LogP contribution in [0.5, 0.6) is 0 Å². The van der Waals surface area contributed by atoms with Crippen molar-refractivity contribution in [3.8, 4) is 0 Å². The fourth-order valence-corrected chi connectivity index (χ4v) is 8.95. The zero-order valence-corrected chi connectivity index (χ0v) is 22.9. The molecule has 0 spiro atoms. The van der Waals surface area contributed by atoms with Crippen molar-refractivity contribution in [2.75, 3.05) is 0 Å². The van der Waals surface area contributed by atoms with E-state index in [4.69, 9.17) is 5.10 Å². The van der Waals surface area contributed by atoms with E-state index in [2.05, 4.69) is 92.3 Å². The Hall–Kier alpha value is -3.12. The molecule has 0 bridgehead atoms. The average Bonchev–Trinajstić information content (AvgIpc) is 3.25. The van der Waals surface area contributed by atoms with Gasteiger partial charge in [0.15, 0.2) is 0 Å². The first kappa shape index (κ1) is 22.7. The second kappa shape index (κ2) is 8.58. The van der Waals surface area contributed by atoms with Crippen LogP contribution in [0.25, 0.3) is 11.0 Å². The minimum atomic E-state index is -2.75. The van der Waals surface area contributed by atoms with Gasteiger partial charge in [0.25, 0.3) is 0 Å². The fourth-order valence-electron chi connectivity index (χ4n) is 4.94. The van der Waals surface area contributed by atoms with Crippen LogP contribution in [0.1, 0.15) is 16.7 Å². The molecular weight excluding hydrogens is 525 g/mol. The molecule has 0 saturated heterocycles. The Bertz CT molecular complexity index is 1400. The Morgan fingerprint density at radius 1 is 0.676 bits per heavy atom. The molecule has 0 fully saturated rings. The maximum absolute atomic E-state index is 12.7. The van der Waals surface area contributed by atoms with E-state index >= 15 is 0 Å². The molecule has 4 nitrogen and oxygen atoms in total. The summed E-state index contributed by atoms with van der Waals surface area (Å²) in [5.41, 5.74) is 4.61. The van der Waals surface area contributed by atoms with Crippen LogP contribution in [-0.4, -0.2) is 32.7 Å². The average molecular weight is 554 g/mol. The standard InChI is InChI=1S/C26H20N3O.3CH3.Sn/c1-28-24-19-27-29(23(24)17-18-25(28)30)26(20-11-5-2-6-12-20,21-13-7-3-8-14-21)22-15-9-4-10-16-22;;;;/h2-18H,1H3;3*1H3;. The van der Waals surface area contributed by atoms with E-state index in [1.54, 1.807) is 10.6 Å². The molecule has 0 N–H and O–H groups in total. The molecule has 0 saturated carbocycles. The second-order valence-corrected chi connectivity index (χ2v) is 24.0. The summed E-state index contributed by atoms with van der Waals surface area (Å²) in [6.07, 6.45) is 0. The molecule has 0 aliphatic carbocycles. The van der Waals surface area contributed by atoms with Gasteiger partial charge in [0.05, 0.1) is 0 Å². The van der Waals surface area contributed by atoms with Crippen molar-refractivity contribution in [1.29, 1.82) is 0 Å². The summed E-state index contributed by atoms with van der Waals surface area (Å²) in [4.78, 5) is 19.8. The SMILES string of the molecule is Cn1c(=O)ccc2c1[c]([Sn]([CH3])([CH3])[CH3])nn2C(c1ccccc1)(c1ccccc1)c1ccccc1. The van der Waals surface area contributed by atoms with Gasteiger partial charge < -0.3 is 0 Å². The third kappa shape index (κ3) is 3.52. The number of rotatable bonds is 5. The molecule has 0 aliphatic rings. The van der Waals surface area contributed by atoms with Crippen LogP contribution < -0.4 is 9.27 Å². The molecule has 0 unspecified atom stereocenters. The molecule has 0 amide bonds. The van der Waals surface area contributed by atoms with Gasteiger partial charge in [-0.05, 0) is 0 Å². The van der Waals surface area contributed by atoms with Crippen molar-refractivity contribution in [2.24, 2.45) is 7.05 Å². The minimum absolute atomic E-state index is 0.00595. The summed E-state index contributed by atoms with van der Waals surface area (Å²) in [6, 6.07) is 35.3. The number of pyridine rings is 1. The first-order valence-electron chi connectivity index (χ1n) is 11.6. The van der Waals surface area contributed by atoms with Gasteiger partial charge in [-0.3, -0.25) is 0 Å². The molecule has 170 valence electrons. The molecule has 3 aromatic carbocycles. The summed E-state index contributed by atoms with van der Waals surface area (Å²) in [7, 11) is 1.87. The third-order valence-corrected chi connectivity index (χ3v) is 11.6. The number of fused-ring (bicyclic) bond motifs is 1. The molecule has 5 heteroatoms. The first-order chi connectivity index (χ1) is 16.3. The van der Waals surface area contributed by atoms with Gasteiger partial charge in [-0.15, -0.1) is 0 Å². The maximum atomic E-state index is 12.7. The van der Waals surface area contributed by atoms with Crippen LogP contribution in [-0.2, 0) is 12.6 Å². The van der Waals surface area contributed by atoms with E-state index in [9.17, 15) is 4.79 Å². The molecule has 0 aliphatic heterocycles. The molecule has 34 heavy (non-hydrogen) atoms. The topological polar surface area (TPSA) is 39.8 Å². The summed E-state index contributed by atoms with van der Waals surface area (Å²) >= 11 is -2.75. The van der Waals surface area contributed by atoms with Gasteiger partial charge in [0, 0.05) is 0 Å².